The van der Waals surface area contributed by atoms with E-state index in [0.717, 1.165) is 11.9 Å². The molecule has 4 rings (SSSR count). The minimum absolute atomic E-state index is 0.0679. The molecule has 3 heterocycles. The maximum atomic E-state index is 15.0. The number of carboxylic acid groups (broad SMARTS) is 1. The molecule has 11 heteroatoms. The third-order valence-corrected chi connectivity index (χ3v) is 6.88. The van der Waals surface area contributed by atoms with Crippen LogP contribution in [0.2, 0.25) is 0 Å². The van der Waals surface area contributed by atoms with E-state index in [0.29, 0.717) is 35.3 Å². The van der Waals surface area contributed by atoms with Crippen molar-refractivity contribution in [3.63, 3.8) is 0 Å². The highest BCUT2D eigenvalue weighted by molar-refractivity contribution is 14.1. The summed E-state index contributed by atoms with van der Waals surface area (Å²) >= 11 is 1.78. The third kappa shape index (κ3) is 3.75. The molecule has 32 heavy (non-hydrogen) atoms. The molecule has 3 aromatic rings. The van der Waals surface area contributed by atoms with Crippen LogP contribution in [0.25, 0.3) is 16.7 Å². The number of hydrogen-bond donors (Lipinski definition) is 2. The number of carboxylic acids is 1. The number of carbonyl (C=O) groups excluding carboxylic acids is 1. The van der Waals surface area contributed by atoms with Gasteiger partial charge in [-0.3, -0.25) is 14.2 Å². The smallest absolute Gasteiger partial charge is 0.341 e. The first-order chi connectivity index (χ1) is 15.1. The molecule has 1 unspecified atom stereocenters. The molecule has 1 aromatic carbocycles. The molecule has 0 saturated carbocycles. The van der Waals surface area contributed by atoms with Crippen molar-refractivity contribution in [1.82, 2.24) is 9.55 Å². The van der Waals surface area contributed by atoms with Crippen molar-refractivity contribution in [3.05, 3.63) is 51.6 Å². The lowest BCUT2D eigenvalue weighted by atomic mass is 10.0. The number of nitrogens with zero attached hydrogens (tertiary/aromatic N) is 3. The van der Waals surface area contributed by atoms with Gasteiger partial charge in [0.05, 0.1) is 11.4 Å². The Bertz CT molecular complexity index is 1350. The number of hydrogen-bond acceptors (Lipinski definition) is 6. The topological polar surface area (TPSA) is 105 Å². The van der Waals surface area contributed by atoms with Gasteiger partial charge < -0.3 is 15.3 Å². The first-order valence-electron chi connectivity index (χ1n) is 9.64. The largest absolute Gasteiger partial charge is 0.477 e. The van der Waals surface area contributed by atoms with Crippen molar-refractivity contribution < 1.29 is 19.1 Å². The lowest BCUT2D eigenvalue weighted by Crippen LogP contribution is -2.50. The van der Waals surface area contributed by atoms with E-state index in [1.807, 2.05) is 4.90 Å². The molecule has 0 spiro atoms. The van der Waals surface area contributed by atoms with Gasteiger partial charge in [0.1, 0.15) is 11.4 Å². The van der Waals surface area contributed by atoms with Crippen LogP contribution in [-0.2, 0) is 4.79 Å². The van der Waals surface area contributed by atoms with Crippen LogP contribution in [0, 0.1) is 18.7 Å². The summed E-state index contributed by atoms with van der Waals surface area (Å²) in [4.78, 5) is 42.5. The molecular weight excluding hydrogens is 549 g/mol. The second kappa shape index (κ2) is 8.40. The maximum absolute atomic E-state index is 15.0. The summed E-state index contributed by atoms with van der Waals surface area (Å²) in [7, 11) is 4.19. The normalized spacial score (nSPS) is 13.8. The number of nitrogens with one attached hydrogen (secondary N) is 1. The molecule has 2 N–H and O–H groups in total. The van der Waals surface area contributed by atoms with Crippen LogP contribution < -0.4 is 21.0 Å². The zero-order valence-electron chi connectivity index (χ0n) is 17.1. The van der Waals surface area contributed by atoms with Gasteiger partial charge in [-0.1, -0.05) is 0 Å². The van der Waals surface area contributed by atoms with E-state index < -0.39 is 22.8 Å². The molecule has 2 aromatic heterocycles. The van der Waals surface area contributed by atoms with Gasteiger partial charge >= 0.3 is 5.97 Å². The fourth-order valence-electron chi connectivity index (χ4n) is 3.79. The maximum Gasteiger partial charge on any atom is 0.341 e. The van der Waals surface area contributed by atoms with Gasteiger partial charge in [0.2, 0.25) is 5.43 Å². The summed E-state index contributed by atoms with van der Waals surface area (Å²) < 4.78 is 16.4. The first kappa shape index (κ1) is 22.6. The molecule has 8 nitrogen and oxygen atoms in total. The number of aromatic carboxylic acids is 1. The molecule has 1 aliphatic heterocycles. The minimum Gasteiger partial charge on any atom is -0.477 e. The Labute approximate surface area is 198 Å². The zero-order chi connectivity index (χ0) is 23.3. The van der Waals surface area contributed by atoms with E-state index in [4.69, 9.17) is 0 Å². The summed E-state index contributed by atoms with van der Waals surface area (Å²) in [6.45, 7) is 2.77. The van der Waals surface area contributed by atoms with Crippen LogP contribution in [-0.4, -0.2) is 44.6 Å². The van der Waals surface area contributed by atoms with Crippen LogP contribution in [0.15, 0.2) is 29.2 Å². The van der Waals surface area contributed by atoms with E-state index >= 15 is 0 Å². The SMILES string of the molecule is CNc1nc(-n2cc(C(=O)O)c(=O)c3cc(P)c(N4CC(C(=O)I)C4)cc32)c(F)cc1C. The molecule has 1 atom stereocenters. The summed E-state index contributed by atoms with van der Waals surface area (Å²) in [5.74, 6) is -1.83. The van der Waals surface area contributed by atoms with Gasteiger partial charge in [-0.05, 0) is 58.6 Å². The Kier molecular flexibility index (Phi) is 5.93. The Morgan fingerprint density at radius 2 is 2.00 bits per heavy atom. The summed E-state index contributed by atoms with van der Waals surface area (Å²) in [6, 6.07) is 4.58. The summed E-state index contributed by atoms with van der Waals surface area (Å²) in [5, 5.41) is 13.3. The van der Waals surface area contributed by atoms with Crippen molar-refractivity contribution >= 4 is 69.3 Å². The summed E-state index contributed by atoms with van der Waals surface area (Å²) in [6.07, 6.45) is 1.10. The van der Waals surface area contributed by atoms with Gasteiger partial charge in [-0.15, -0.1) is 9.24 Å². The number of halogens is 2. The van der Waals surface area contributed by atoms with Crippen LogP contribution in [0.3, 0.4) is 0 Å². The lowest BCUT2D eigenvalue weighted by Gasteiger charge is -2.40. The Hall–Kier alpha value is -2.59. The van der Waals surface area contributed by atoms with Crippen molar-refractivity contribution in [2.45, 2.75) is 6.92 Å². The van der Waals surface area contributed by atoms with Gasteiger partial charge in [0, 0.05) is 37.4 Å². The molecule has 166 valence electrons. The average Bonchev–Trinajstić information content (AvgIpc) is 2.68. The standard InChI is InChI=1S/C21H19FIN4O4P/c1-9-3-13(22)20(25-19(9)24-2)27-8-12(21(30)31)17(28)11-4-16(32)15(5-14(11)27)26-6-10(7-26)18(23)29/h3-5,8,10H,6-7,32H2,1-2H3,(H,24,25)(H,30,31). The van der Waals surface area contributed by atoms with Crippen molar-refractivity contribution in [3.8, 4) is 5.82 Å². The minimum atomic E-state index is -1.41. The van der Waals surface area contributed by atoms with E-state index in [2.05, 4.69) is 19.5 Å². The zero-order valence-corrected chi connectivity index (χ0v) is 20.5. The van der Waals surface area contributed by atoms with Crippen molar-refractivity contribution in [1.29, 1.82) is 0 Å². The molecule has 0 bridgehead atoms. The highest BCUT2D eigenvalue weighted by Gasteiger charge is 2.32. The molecule has 0 radical (unpaired) electrons. The number of pyridine rings is 2. The average molecular weight is 568 g/mol. The van der Waals surface area contributed by atoms with Gasteiger partial charge in [-0.2, -0.15) is 0 Å². The highest BCUT2D eigenvalue weighted by atomic mass is 127. The van der Waals surface area contributed by atoms with Crippen LogP contribution in [0.5, 0.6) is 0 Å². The van der Waals surface area contributed by atoms with E-state index in [1.54, 1.807) is 48.7 Å². The second-order valence-corrected chi connectivity index (χ2v) is 9.28. The van der Waals surface area contributed by atoms with Crippen LogP contribution >= 0.6 is 31.8 Å². The number of rotatable bonds is 5. The number of benzene rings is 1. The number of aromatic nitrogens is 2. The quantitative estimate of drug-likeness (QED) is 0.277. The van der Waals surface area contributed by atoms with Crippen LogP contribution in [0.1, 0.15) is 15.9 Å². The van der Waals surface area contributed by atoms with Gasteiger partial charge in [-0.25, -0.2) is 14.2 Å². The number of carbonyl (C=O) groups is 2. The molecule has 1 aliphatic rings. The number of fused-ring (bicyclic) bond motifs is 1. The Morgan fingerprint density at radius 1 is 1.31 bits per heavy atom. The van der Waals surface area contributed by atoms with Gasteiger partial charge in [0.15, 0.2) is 15.4 Å². The molecule has 1 fully saturated rings. The fourth-order valence-corrected chi connectivity index (χ4v) is 4.62. The Morgan fingerprint density at radius 3 is 2.59 bits per heavy atom. The summed E-state index contributed by atoms with van der Waals surface area (Å²) in [5.41, 5.74) is 0.517. The van der Waals surface area contributed by atoms with Crippen LogP contribution in [0.4, 0.5) is 15.9 Å². The number of aryl methyl sites for hydroxylation is 1. The molecule has 0 amide bonds. The lowest BCUT2D eigenvalue weighted by molar-refractivity contribution is -0.113. The fraction of sp³-hybridized carbons (Fsp3) is 0.238. The third-order valence-electron chi connectivity index (χ3n) is 5.54. The van der Waals surface area contributed by atoms with E-state index in [1.165, 1.54) is 10.6 Å². The van der Waals surface area contributed by atoms with E-state index in [-0.39, 0.29) is 20.9 Å². The van der Waals surface area contributed by atoms with Crippen molar-refractivity contribution in [2.24, 2.45) is 5.92 Å². The monoisotopic (exact) mass is 568 g/mol. The van der Waals surface area contributed by atoms with E-state index in [9.17, 15) is 23.9 Å². The van der Waals surface area contributed by atoms with Crippen molar-refractivity contribution in [2.75, 3.05) is 30.4 Å². The predicted octanol–water partition coefficient (Wildman–Crippen LogP) is 2.47. The molecular formula is C21H19FIN4O4P. The molecule has 1 saturated heterocycles. The molecule has 0 aliphatic carbocycles. The van der Waals surface area contributed by atoms with Gasteiger partial charge in [0.25, 0.3) is 0 Å². The first-order valence-corrected chi connectivity index (χ1v) is 11.3. The highest BCUT2D eigenvalue weighted by Crippen LogP contribution is 2.30. The number of anilines is 2. The second-order valence-electron chi connectivity index (χ2n) is 7.59. The Balaban J connectivity index is 2.00. The predicted molar refractivity (Wildman–Crippen MR) is 133 cm³/mol.